The Morgan fingerprint density at radius 3 is 1.93 bits per heavy atom. The van der Waals surface area contributed by atoms with Crippen LogP contribution in [0.4, 0.5) is 0 Å². The van der Waals surface area contributed by atoms with Gasteiger partial charge in [-0.3, -0.25) is 14.4 Å². The Morgan fingerprint density at radius 1 is 0.833 bits per heavy atom. The van der Waals surface area contributed by atoms with Crippen LogP contribution in [0.3, 0.4) is 0 Å². The molecule has 172 valence electrons. The van der Waals surface area contributed by atoms with Crippen LogP contribution in [0.15, 0.2) is 0 Å². The Labute approximate surface area is 182 Å². The lowest BCUT2D eigenvalue weighted by atomic mass is 9.74. The van der Waals surface area contributed by atoms with E-state index in [0.29, 0.717) is 26.1 Å². The van der Waals surface area contributed by atoms with Crippen LogP contribution >= 0.6 is 0 Å². The molecule has 1 saturated heterocycles. The largest absolute Gasteiger partial charge is 0.465 e. The maximum Gasteiger partial charge on any atom is 0.316 e. The molecule has 3 atom stereocenters. The molecule has 1 aliphatic carbocycles. The molecule has 0 aromatic rings. The van der Waals surface area contributed by atoms with Crippen molar-refractivity contribution in [2.24, 2.45) is 17.8 Å². The highest BCUT2D eigenvalue weighted by Gasteiger charge is 2.50. The van der Waals surface area contributed by atoms with E-state index in [4.69, 9.17) is 9.47 Å². The third kappa shape index (κ3) is 8.39. The molecular weight excluding hydrogens is 380 g/mol. The quantitative estimate of drug-likeness (QED) is 0.179. The highest BCUT2D eigenvalue weighted by Crippen LogP contribution is 2.36. The molecule has 2 fully saturated rings. The Balaban J connectivity index is 1.40. The number of ether oxygens (including phenoxy) is 2. The Kier molecular flexibility index (Phi) is 12.1. The molecule has 30 heavy (non-hydrogen) atoms. The normalized spacial score (nSPS) is 23.3. The second-order valence-electron chi connectivity index (χ2n) is 9.16. The predicted molar refractivity (Wildman–Crippen MR) is 117 cm³/mol. The molecule has 3 unspecified atom stereocenters. The van der Waals surface area contributed by atoms with E-state index in [1.54, 1.807) is 0 Å². The number of cyclic esters (lactones) is 1. The number of hydrogen-bond donors (Lipinski definition) is 0. The van der Waals surface area contributed by atoms with Crippen molar-refractivity contribution in [1.82, 2.24) is 0 Å². The lowest BCUT2D eigenvalue weighted by Gasteiger charge is -2.25. The number of ketones is 1. The number of hydrogen-bond acceptors (Lipinski definition) is 5. The van der Waals surface area contributed by atoms with E-state index in [0.717, 1.165) is 12.8 Å². The van der Waals surface area contributed by atoms with Crippen molar-refractivity contribution in [3.05, 3.63) is 0 Å². The van der Waals surface area contributed by atoms with Crippen molar-refractivity contribution in [3.8, 4) is 0 Å². The molecule has 5 heteroatoms. The predicted octanol–water partition coefficient (Wildman–Crippen LogP) is 5.78. The average molecular weight is 423 g/mol. The van der Waals surface area contributed by atoms with Crippen LogP contribution < -0.4 is 0 Å². The molecule has 0 bridgehead atoms. The maximum atomic E-state index is 12.4. The SMILES string of the molecule is CCCCCCCCCCCCCCCCOC(=O)C1CCC2COC(=O)C2C1=O. The van der Waals surface area contributed by atoms with Crippen molar-refractivity contribution >= 4 is 17.7 Å². The minimum atomic E-state index is -0.774. The van der Waals surface area contributed by atoms with E-state index in [2.05, 4.69) is 6.92 Å². The van der Waals surface area contributed by atoms with Crippen LogP contribution in [0.1, 0.15) is 110 Å². The molecule has 0 spiro atoms. The zero-order valence-corrected chi connectivity index (χ0v) is 19.0. The van der Waals surface area contributed by atoms with E-state index >= 15 is 0 Å². The smallest absolute Gasteiger partial charge is 0.316 e. The summed E-state index contributed by atoms with van der Waals surface area (Å²) in [5, 5.41) is 0. The molecule has 0 N–H and O–H groups in total. The summed E-state index contributed by atoms with van der Waals surface area (Å²) < 4.78 is 10.3. The third-order valence-corrected chi connectivity index (χ3v) is 6.67. The van der Waals surface area contributed by atoms with Gasteiger partial charge in [0.1, 0.15) is 11.8 Å². The fourth-order valence-electron chi connectivity index (χ4n) is 4.71. The molecular formula is C25H42O5. The molecule has 0 aromatic carbocycles. The van der Waals surface area contributed by atoms with Gasteiger partial charge in [0, 0.05) is 5.92 Å². The second-order valence-corrected chi connectivity index (χ2v) is 9.16. The van der Waals surface area contributed by atoms with Gasteiger partial charge in [0.15, 0.2) is 5.78 Å². The first-order chi connectivity index (χ1) is 14.6. The number of carbonyl (C=O) groups is 3. The van der Waals surface area contributed by atoms with Crippen molar-refractivity contribution in [2.45, 2.75) is 110 Å². The van der Waals surface area contributed by atoms with E-state index < -0.39 is 23.8 Å². The van der Waals surface area contributed by atoms with Gasteiger partial charge < -0.3 is 9.47 Å². The second kappa shape index (κ2) is 14.6. The van der Waals surface area contributed by atoms with Crippen molar-refractivity contribution in [2.75, 3.05) is 13.2 Å². The summed E-state index contributed by atoms with van der Waals surface area (Å²) in [5.41, 5.74) is 0. The van der Waals surface area contributed by atoms with Gasteiger partial charge in [-0.1, -0.05) is 90.4 Å². The standard InChI is InChI=1S/C25H42O5/c1-2-3-4-5-6-7-8-9-10-11-12-13-14-15-18-29-24(27)21-17-16-20-19-30-25(28)22(20)23(21)26/h20-22H,2-19H2,1H3. The molecule has 1 heterocycles. The number of esters is 2. The molecule has 0 amide bonds. The molecule has 5 nitrogen and oxygen atoms in total. The summed E-state index contributed by atoms with van der Waals surface area (Å²) in [6.07, 6.45) is 19.1. The summed E-state index contributed by atoms with van der Waals surface area (Å²) in [5.74, 6) is -2.76. The summed E-state index contributed by atoms with van der Waals surface area (Å²) in [4.78, 5) is 36.4. The van der Waals surface area contributed by atoms with Crippen LogP contribution in [0.2, 0.25) is 0 Å². The van der Waals surface area contributed by atoms with E-state index in [1.807, 2.05) is 0 Å². The highest BCUT2D eigenvalue weighted by atomic mass is 16.5. The van der Waals surface area contributed by atoms with Gasteiger partial charge in [-0.25, -0.2) is 0 Å². The summed E-state index contributed by atoms with van der Waals surface area (Å²) >= 11 is 0. The van der Waals surface area contributed by atoms with Gasteiger partial charge in [0.25, 0.3) is 0 Å². The summed E-state index contributed by atoms with van der Waals surface area (Å²) in [7, 11) is 0. The maximum absolute atomic E-state index is 12.4. The molecule has 1 saturated carbocycles. The molecule has 0 aromatic heterocycles. The van der Waals surface area contributed by atoms with Crippen molar-refractivity contribution in [3.63, 3.8) is 0 Å². The fourth-order valence-corrected chi connectivity index (χ4v) is 4.71. The van der Waals surface area contributed by atoms with Crippen molar-refractivity contribution < 1.29 is 23.9 Å². The minimum absolute atomic E-state index is 0.0418. The fraction of sp³-hybridized carbons (Fsp3) is 0.880. The number of carbonyl (C=O) groups excluding carboxylic acids is 3. The number of fused-ring (bicyclic) bond motifs is 1. The van der Waals surface area contributed by atoms with Gasteiger partial charge in [-0.05, 0) is 19.3 Å². The Hall–Kier alpha value is -1.39. The van der Waals surface area contributed by atoms with Gasteiger partial charge >= 0.3 is 11.9 Å². The van der Waals surface area contributed by atoms with Crippen LogP contribution in [-0.4, -0.2) is 30.9 Å². The average Bonchev–Trinajstić information content (AvgIpc) is 3.12. The number of unbranched alkanes of at least 4 members (excludes halogenated alkanes) is 13. The summed E-state index contributed by atoms with van der Waals surface area (Å²) in [6.45, 7) is 2.95. The van der Waals surface area contributed by atoms with Gasteiger partial charge in [0.05, 0.1) is 13.2 Å². The Bertz CT molecular complexity index is 530. The Morgan fingerprint density at radius 2 is 1.37 bits per heavy atom. The van der Waals surface area contributed by atoms with Crippen molar-refractivity contribution in [1.29, 1.82) is 0 Å². The van der Waals surface area contributed by atoms with Crippen LogP contribution in [0, 0.1) is 17.8 Å². The first kappa shape index (κ1) is 24.9. The molecule has 2 rings (SSSR count). The van der Waals surface area contributed by atoms with Gasteiger partial charge in [-0.15, -0.1) is 0 Å². The van der Waals surface area contributed by atoms with E-state index in [9.17, 15) is 14.4 Å². The van der Waals surface area contributed by atoms with Crippen LogP contribution in [0.5, 0.6) is 0 Å². The van der Waals surface area contributed by atoms with Gasteiger partial charge in [-0.2, -0.15) is 0 Å². The summed E-state index contributed by atoms with van der Waals surface area (Å²) in [6, 6.07) is 0. The van der Waals surface area contributed by atoms with Crippen LogP contribution in [-0.2, 0) is 23.9 Å². The first-order valence-electron chi connectivity index (χ1n) is 12.5. The van der Waals surface area contributed by atoms with Gasteiger partial charge in [0.2, 0.25) is 0 Å². The first-order valence-corrected chi connectivity index (χ1v) is 12.5. The lowest BCUT2D eigenvalue weighted by molar-refractivity contribution is -0.156. The monoisotopic (exact) mass is 422 g/mol. The van der Waals surface area contributed by atoms with E-state index in [1.165, 1.54) is 77.0 Å². The molecule has 0 radical (unpaired) electrons. The zero-order valence-electron chi connectivity index (χ0n) is 19.0. The number of Topliss-reactive ketones (excluding diaryl/α,β-unsaturated/α-hetero) is 1. The minimum Gasteiger partial charge on any atom is -0.465 e. The molecule has 2 aliphatic rings. The third-order valence-electron chi connectivity index (χ3n) is 6.67. The molecule has 1 aliphatic heterocycles. The topological polar surface area (TPSA) is 69.7 Å². The lowest BCUT2D eigenvalue weighted by Crippen LogP contribution is -2.40. The number of rotatable bonds is 16. The van der Waals surface area contributed by atoms with Crippen LogP contribution in [0.25, 0.3) is 0 Å². The van der Waals surface area contributed by atoms with E-state index in [-0.39, 0.29) is 11.7 Å². The zero-order chi connectivity index (χ0) is 21.6. The highest BCUT2D eigenvalue weighted by molar-refractivity contribution is 6.09.